The fourth-order valence-electron chi connectivity index (χ4n) is 2.97. The molecule has 0 bridgehead atoms. The van der Waals surface area contributed by atoms with Gasteiger partial charge in [0.1, 0.15) is 23.0 Å². The molecule has 24 heavy (non-hydrogen) atoms. The highest BCUT2D eigenvalue weighted by atomic mass is 16.5. The van der Waals surface area contributed by atoms with Crippen LogP contribution in [0.2, 0.25) is 0 Å². The topological polar surface area (TPSA) is 102 Å². The van der Waals surface area contributed by atoms with E-state index < -0.39 is 11.5 Å². The summed E-state index contributed by atoms with van der Waals surface area (Å²) in [5, 5.41) is 10.3. The van der Waals surface area contributed by atoms with Gasteiger partial charge in [-0.05, 0) is 35.9 Å². The minimum absolute atomic E-state index is 0.0458. The second-order valence-electron chi connectivity index (χ2n) is 5.36. The van der Waals surface area contributed by atoms with Crippen molar-refractivity contribution in [2.45, 2.75) is 5.92 Å². The third-order valence-electron chi connectivity index (χ3n) is 4.01. The quantitative estimate of drug-likeness (QED) is 0.691. The zero-order chi connectivity index (χ0) is 16.7. The van der Waals surface area contributed by atoms with Gasteiger partial charge in [-0.25, -0.2) is 4.79 Å². The van der Waals surface area contributed by atoms with E-state index in [2.05, 4.69) is 11.1 Å². The van der Waals surface area contributed by atoms with E-state index in [0.29, 0.717) is 16.9 Å². The molecule has 1 aromatic carbocycles. The second kappa shape index (κ2) is 5.25. The van der Waals surface area contributed by atoms with Crippen molar-refractivity contribution in [3.05, 3.63) is 81.8 Å². The molecule has 0 fully saturated rings. The monoisotopic (exact) mass is 317 g/mol. The first-order valence-electron chi connectivity index (χ1n) is 7.23. The summed E-state index contributed by atoms with van der Waals surface area (Å²) >= 11 is 0. The van der Waals surface area contributed by atoms with E-state index in [1.54, 1.807) is 42.7 Å². The maximum Gasteiger partial charge on any atom is 0.336 e. The van der Waals surface area contributed by atoms with Crippen LogP contribution in [-0.4, -0.2) is 4.98 Å². The van der Waals surface area contributed by atoms with Crippen LogP contribution in [0.4, 0.5) is 0 Å². The molecule has 0 amide bonds. The van der Waals surface area contributed by atoms with E-state index in [1.165, 1.54) is 6.07 Å². The van der Waals surface area contributed by atoms with Crippen molar-refractivity contribution < 1.29 is 9.15 Å². The summed E-state index contributed by atoms with van der Waals surface area (Å²) in [4.78, 5) is 15.7. The number of pyridine rings is 1. The summed E-state index contributed by atoms with van der Waals surface area (Å²) in [6, 6.07) is 12.3. The van der Waals surface area contributed by atoms with Gasteiger partial charge in [0.15, 0.2) is 0 Å². The molecule has 0 aliphatic carbocycles. The molecule has 0 spiro atoms. The minimum atomic E-state index is -0.490. The number of benzene rings is 1. The molecule has 1 aliphatic heterocycles. The number of hydrogen-bond donors (Lipinski definition) is 1. The van der Waals surface area contributed by atoms with E-state index in [9.17, 15) is 10.1 Å². The molecule has 1 aliphatic rings. The summed E-state index contributed by atoms with van der Waals surface area (Å²) < 4.78 is 11.0. The van der Waals surface area contributed by atoms with Crippen molar-refractivity contribution >= 4 is 11.0 Å². The lowest BCUT2D eigenvalue weighted by Crippen LogP contribution is -2.21. The number of allylic oxidation sites excluding steroid dienone is 1. The number of rotatable bonds is 1. The van der Waals surface area contributed by atoms with Crippen molar-refractivity contribution in [2.24, 2.45) is 5.73 Å². The van der Waals surface area contributed by atoms with Crippen LogP contribution in [-0.2, 0) is 0 Å². The SMILES string of the molecule is N#CC1=C(N)Oc2ccc3ccc(=O)oc3c2[C@@H]1c1ccncc1. The third-order valence-corrected chi connectivity index (χ3v) is 4.01. The number of hydrogen-bond acceptors (Lipinski definition) is 6. The highest BCUT2D eigenvalue weighted by Gasteiger charge is 2.33. The zero-order valence-electron chi connectivity index (χ0n) is 12.4. The minimum Gasteiger partial charge on any atom is -0.440 e. The van der Waals surface area contributed by atoms with Crippen molar-refractivity contribution in [2.75, 3.05) is 0 Å². The van der Waals surface area contributed by atoms with E-state index in [4.69, 9.17) is 14.9 Å². The maximum atomic E-state index is 11.7. The Morgan fingerprint density at radius 3 is 2.62 bits per heavy atom. The lowest BCUT2D eigenvalue weighted by Gasteiger charge is -2.26. The first-order valence-corrected chi connectivity index (χ1v) is 7.23. The lowest BCUT2D eigenvalue weighted by molar-refractivity contribution is 0.392. The second-order valence-corrected chi connectivity index (χ2v) is 5.36. The fourth-order valence-corrected chi connectivity index (χ4v) is 2.97. The van der Waals surface area contributed by atoms with Gasteiger partial charge >= 0.3 is 5.63 Å². The van der Waals surface area contributed by atoms with Crippen LogP contribution in [0.5, 0.6) is 5.75 Å². The van der Waals surface area contributed by atoms with E-state index in [1.807, 2.05) is 0 Å². The maximum absolute atomic E-state index is 11.7. The largest absolute Gasteiger partial charge is 0.440 e. The Labute approximate surface area is 136 Å². The van der Waals surface area contributed by atoms with Gasteiger partial charge in [-0.2, -0.15) is 5.26 Å². The Balaban J connectivity index is 2.11. The molecule has 3 aromatic rings. The fraction of sp³-hybridized carbons (Fsp3) is 0.0556. The number of nitrogens with zero attached hydrogens (tertiary/aromatic N) is 2. The summed E-state index contributed by atoms with van der Waals surface area (Å²) in [7, 11) is 0. The van der Waals surface area contributed by atoms with Gasteiger partial charge in [0, 0.05) is 23.8 Å². The standard InChI is InChI=1S/C18H11N3O3/c19-9-12-15(10-5-7-21-8-6-10)16-13(23-18(12)20)3-1-11-2-4-14(22)24-17(11)16/h1-8,15H,20H2/t15-/m1/s1. The molecule has 0 unspecified atom stereocenters. The van der Waals surface area contributed by atoms with Crippen LogP contribution >= 0.6 is 0 Å². The van der Waals surface area contributed by atoms with Gasteiger partial charge in [-0.3, -0.25) is 4.98 Å². The number of nitrogens with two attached hydrogens (primary N) is 1. The van der Waals surface area contributed by atoms with Crippen molar-refractivity contribution in [1.29, 1.82) is 5.26 Å². The summed E-state index contributed by atoms with van der Waals surface area (Å²) in [5.74, 6) is 0.0237. The number of fused-ring (bicyclic) bond motifs is 3. The van der Waals surface area contributed by atoms with Crippen LogP contribution in [0.3, 0.4) is 0 Å². The third kappa shape index (κ3) is 2.03. The van der Waals surface area contributed by atoms with Crippen LogP contribution in [0.25, 0.3) is 11.0 Å². The lowest BCUT2D eigenvalue weighted by atomic mass is 9.83. The molecule has 116 valence electrons. The summed E-state index contributed by atoms with van der Waals surface area (Å²) in [6.45, 7) is 0. The van der Waals surface area contributed by atoms with Gasteiger partial charge in [0.05, 0.1) is 11.5 Å². The van der Waals surface area contributed by atoms with E-state index in [-0.39, 0.29) is 11.5 Å². The molecular weight excluding hydrogens is 306 g/mol. The first-order chi connectivity index (χ1) is 11.7. The Kier molecular flexibility index (Phi) is 3.07. The van der Waals surface area contributed by atoms with Gasteiger partial charge in [-0.15, -0.1) is 0 Å². The average molecular weight is 317 g/mol. The Morgan fingerprint density at radius 1 is 1.12 bits per heavy atom. The molecule has 4 rings (SSSR count). The van der Waals surface area contributed by atoms with Crippen LogP contribution in [0, 0.1) is 11.3 Å². The van der Waals surface area contributed by atoms with Gasteiger partial charge < -0.3 is 14.9 Å². The highest BCUT2D eigenvalue weighted by Crippen LogP contribution is 2.45. The Morgan fingerprint density at radius 2 is 1.88 bits per heavy atom. The average Bonchev–Trinajstić information content (AvgIpc) is 2.61. The Bertz CT molecular complexity index is 1080. The number of ether oxygens (including phenoxy) is 1. The summed E-state index contributed by atoms with van der Waals surface area (Å²) in [6.07, 6.45) is 3.27. The predicted octanol–water partition coefficient (Wildman–Crippen LogP) is 2.41. The molecule has 6 nitrogen and oxygen atoms in total. The number of nitriles is 1. The Hall–Kier alpha value is -3.59. The van der Waals surface area contributed by atoms with Crippen molar-refractivity contribution in [3.8, 4) is 11.8 Å². The molecule has 0 saturated carbocycles. The summed E-state index contributed by atoms with van der Waals surface area (Å²) in [5.41, 5.74) is 7.55. The van der Waals surface area contributed by atoms with Gasteiger partial charge in [0.25, 0.3) is 0 Å². The molecule has 0 saturated heterocycles. The molecule has 2 N–H and O–H groups in total. The number of aromatic nitrogens is 1. The van der Waals surface area contributed by atoms with Crippen LogP contribution < -0.4 is 16.1 Å². The van der Waals surface area contributed by atoms with E-state index >= 15 is 0 Å². The smallest absolute Gasteiger partial charge is 0.336 e. The molecule has 6 heteroatoms. The molecular formula is C18H11N3O3. The first kappa shape index (κ1) is 14.0. The van der Waals surface area contributed by atoms with Crippen LogP contribution in [0.1, 0.15) is 17.0 Å². The van der Waals surface area contributed by atoms with Crippen molar-refractivity contribution in [1.82, 2.24) is 4.98 Å². The van der Waals surface area contributed by atoms with Gasteiger partial charge in [0.2, 0.25) is 5.88 Å². The van der Waals surface area contributed by atoms with Crippen LogP contribution in [0.15, 0.2) is 69.5 Å². The van der Waals surface area contributed by atoms with Gasteiger partial charge in [-0.1, -0.05) is 0 Å². The zero-order valence-corrected chi connectivity index (χ0v) is 12.4. The molecule has 1 atom stereocenters. The molecule has 3 heterocycles. The predicted molar refractivity (Wildman–Crippen MR) is 86.0 cm³/mol. The normalized spacial score (nSPS) is 16.4. The van der Waals surface area contributed by atoms with E-state index in [0.717, 1.165) is 10.9 Å². The van der Waals surface area contributed by atoms with Crippen molar-refractivity contribution in [3.63, 3.8) is 0 Å². The molecule has 2 aromatic heterocycles. The molecule has 0 radical (unpaired) electrons. The highest BCUT2D eigenvalue weighted by molar-refractivity contribution is 5.84.